The Morgan fingerprint density at radius 3 is 1.75 bits per heavy atom. The summed E-state index contributed by atoms with van der Waals surface area (Å²) < 4.78 is 0. The number of ketones is 1. The van der Waals surface area contributed by atoms with Gasteiger partial charge >= 0.3 is 0 Å². The smallest absolute Gasteiger partial charge is 0.193 e. The van der Waals surface area contributed by atoms with Crippen LogP contribution in [0.1, 0.15) is 32.9 Å². The van der Waals surface area contributed by atoms with E-state index in [2.05, 4.69) is 7.85 Å². The summed E-state index contributed by atoms with van der Waals surface area (Å²) in [6.07, 6.45) is 0. The number of carbonyl (C=O) groups excluding carboxylic acids is 1. The Bertz CT molecular complexity index is 525. The molecule has 0 heterocycles. The third-order valence-corrected chi connectivity index (χ3v) is 3.34. The Hall–Kier alpha value is -1.83. The fourth-order valence-electron chi connectivity index (χ4n) is 2.48. The van der Waals surface area contributed by atoms with Gasteiger partial charge in [-0.05, 0) is 16.9 Å². The monoisotopic (exact) mass is 206 g/mol. The Morgan fingerprint density at radius 2 is 1.25 bits per heavy atom. The van der Waals surface area contributed by atoms with Crippen LogP contribution in [0.4, 0.5) is 0 Å². The van der Waals surface area contributed by atoms with Gasteiger partial charge < -0.3 is 0 Å². The van der Waals surface area contributed by atoms with E-state index in [0.29, 0.717) is 5.82 Å². The minimum atomic E-state index is 0.157. The topological polar surface area (TPSA) is 17.1 Å². The molecule has 76 valence electrons. The van der Waals surface area contributed by atoms with Gasteiger partial charge in [0.1, 0.15) is 7.85 Å². The molecule has 2 aromatic carbocycles. The van der Waals surface area contributed by atoms with Gasteiger partial charge in [0.05, 0.1) is 0 Å². The lowest BCUT2D eigenvalue weighted by atomic mass is 9.68. The predicted molar refractivity (Wildman–Crippen MR) is 66.7 cm³/mol. The van der Waals surface area contributed by atoms with Crippen molar-refractivity contribution < 1.29 is 4.79 Å². The molecule has 0 fully saturated rings. The van der Waals surface area contributed by atoms with Crippen LogP contribution in [0.25, 0.3) is 0 Å². The Balaban J connectivity index is 2.30. The number of carbonyl (C=O) groups is 1. The molecule has 1 aliphatic rings. The van der Waals surface area contributed by atoms with Crippen molar-refractivity contribution in [2.24, 2.45) is 0 Å². The highest BCUT2D eigenvalue weighted by Gasteiger charge is 2.27. The number of hydrogen-bond donors (Lipinski definition) is 0. The maximum absolute atomic E-state index is 12.3. The zero-order valence-corrected chi connectivity index (χ0v) is 9.10. The normalized spacial score (nSPS) is 14.4. The van der Waals surface area contributed by atoms with Crippen LogP contribution in [0, 0.1) is 0 Å². The summed E-state index contributed by atoms with van der Waals surface area (Å²) in [7, 11) is 2.16. The summed E-state index contributed by atoms with van der Waals surface area (Å²) in [5.74, 6) is 0.467. The molecule has 0 atom stereocenters. The molecule has 1 aliphatic carbocycles. The first-order chi connectivity index (χ1) is 7.79. The van der Waals surface area contributed by atoms with Crippen molar-refractivity contribution in [3.63, 3.8) is 0 Å². The molecule has 0 bridgehead atoms. The summed E-state index contributed by atoms with van der Waals surface area (Å²) in [4.78, 5) is 12.3. The summed E-state index contributed by atoms with van der Waals surface area (Å²) in [6, 6.07) is 15.8. The molecule has 0 unspecified atom stereocenters. The van der Waals surface area contributed by atoms with Gasteiger partial charge in [-0.3, -0.25) is 4.79 Å². The first-order valence-corrected chi connectivity index (χ1v) is 5.51. The van der Waals surface area contributed by atoms with Crippen LogP contribution in [0.2, 0.25) is 0 Å². The van der Waals surface area contributed by atoms with Crippen LogP contribution in [-0.4, -0.2) is 13.6 Å². The molecule has 16 heavy (non-hydrogen) atoms. The maximum Gasteiger partial charge on any atom is 0.193 e. The third kappa shape index (κ3) is 1.16. The van der Waals surface area contributed by atoms with Gasteiger partial charge in [-0.1, -0.05) is 48.5 Å². The van der Waals surface area contributed by atoms with Crippen LogP contribution in [0.3, 0.4) is 0 Å². The van der Waals surface area contributed by atoms with Crippen molar-refractivity contribution in [3.05, 3.63) is 70.8 Å². The van der Waals surface area contributed by atoms with Crippen molar-refractivity contribution in [1.29, 1.82) is 0 Å². The van der Waals surface area contributed by atoms with Crippen molar-refractivity contribution in [1.82, 2.24) is 0 Å². The first kappa shape index (κ1) is 9.40. The predicted octanol–water partition coefficient (Wildman–Crippen LogP) is 1.95. The van der Waals surface area contributed by atoms with E-state index in [4.69, 9.17) is 0 Å². The second kappa shape index (κ2) is 3.34. The molecule has 0 radical (unpaired) electrons. The van der Waals surface area contributed by atoms with E-state index in [-0.39, 0.29) is 5.78 Å². The lowest BCUT2D eigenvalue weighted by Crippen LogP contribution is -2.19. The molecule has 0 aromatic heterocycles. The Kier molecular flexibility index (Phi) is 1.96. The molecular formula is C14H11BO. The van der Waals surface area contributed by atoms with Gasteiger partial charge in [-0.2, -0.15) is 0 Å². The van der Waals surface area contributed by atoms with E-state index in [0.717, 1.165) is 22.3 Å². The van der Waals surface area contributed by atoms with Gasteiger partial charge in [0.15, 0.2) is 5.78 Å². The van der Waals surface area contributed by atoms with Gasteiger partial charge in [-0.15, -0.1) is 0 Å². The molecule has 0 saturated heterocycles. The minimum Gasteiger partial charge on any atom is -0.289 e. The lowest BCUT2D eigenvalue weighted by Gasteiger charge is -2.24. The number of hydrogen-bond acceptors (Lipinski definition) is 1. The SMILES string of the molecule is BC1c2ccccc2C(=O)c2ccccc21. The van der Waals surface area contributed by atoms with Crippen LogP contribution in [-0.2, 0) is 0 Å². The zero-order valence-electron chi connectivity index (χ0n) is 9.10. The largest absolute Gasteiger partial charge is 0.289 e. The van der Waals surface area contributed by atoms with Gasteiger partial charge in [0.25, 0.3) is 0 Å². The second-order valence-electron chi connectivity index (χ2n) is 4.23. The third-order valence-electron chi connectivity index (χ3n) is 3.34. The zero-order chi connectivity index (χ0) is 11.1. The first-order valence-electron chi connectivity index (χ1n) is 5.51. The standard InChI is InChI=1S/C14H11BO/c15-13-9-5-1-3-7-11(9)14(16)12-8-4-2-6-10(12)13/h1-8,13H,15H2. The molecular weight excluding hydrogens is 195 g/mol. The van der Waals surface area contributed by atoms with Crippen molar-refractivity contribution in [2.45, 2.75) is 5.82 Å². The van der Waals surface area contributed by atoms with E-state index in [1.54, 1.807) is 0 Å². The van der Waals surface area contributed by atoms with E-state index in [1.807, 2.05) is 48.5 Å². The molecule has 0 spiro atoms. The van der Waals surface area contributed by atoms with Gasteiger partial charge in [0, 0.05) is 11.1 Å². The van der Waals surface area contributed by atoms with Crippen molar-refractivity contribution >= 4 is 13.6 Å². The molecule has 1 nitrogen and oxygen atoms in total. The summed E-state index contributed by atoms with van der Waals surface area (Å²) >= 11 is 0. The van der Waals surface area contributed by atoms with Crippen molar-refractivity contribution in [3.8, 4) is 0 Å². The average molecular weight is 206 g/mol. The molecule has 0 aliphatic heterocycles. The highest BCUT2D eigenvalue weighted by atomic mass is 16.1. The Morgan fingerprint density at radius 1 is 0.812 bits per heavy atom. The molecule has 2 aromatic rings. The molecule has 0 saturated carbocycles. The van der Waals surface area contributed by atoms with E-state index in [9.17, 15) is 4.79 Å². The number of fused-ring (bicyclic) bond motifs is 2. The number of benzene rings is 2. The quantitative estimate of drug-likeness (QED) is 0.602. The van der Waals surface area contributed by atoms with Crippen LogP contribution >= 0.6 is 0 Å². The summed E-state index contributed by atoms with van der Waals surface area (Å²) in [5.41, 5.74) is 4.00. The van der Waals surface area contributed by atoms with Crippen molar-refractivity contribution in [2.75, 3.05) is 0 Å². The fraction of sp³-hybridized carbons (Fsp3) is 0.0714. The van der Waals surface area contributed by atoms with Crippen LogP contribution < -0.4 is 0 Å². The van der Waals surface area contributed by atoms with Crippen LogP contribution in [0.5, 0.6) is 0 Å². The molecule has 2 heteroatoms. The highest BCUT2D eigenvalue weighted by molar-refractivity contribution is 6.21. The number of rotatable bonds is 0. The summed E-state index contributed by atoms with van der Waals surface area (Å²) in [5, 5.41) is 0. The van der Waals surface area contributed by atoms with E-state index < -0.39 is 0 Å². The molecule has 3 rings (SSSR count). The second-order valence-corrected chi connectivity index (χ2v) is 4.23. The minimum absolute atomic E-state index is 0.157. The summed E-state index contributed by atoms with van der Waals surface area (Å²) in [6.45, 7) is 0. The van der Waals surface area contributed by atoms with E-state index >= 15 is 0 Å². The van der Waals surface area contributed by atoms with Gasteiger partial charge in [0.2, 0.25) is 0 Å². The van der Waals surface area contributed by atoms with Gasteiger partial charge in [-0.25, -0.2) is 0 Å². The maximum atomic E-state index is 12.3. The average Bonchev–Trinajstić information content (AvgIpc) is 2.36. The lowest BCUT2D eigenvalue weighted by molar-refractivity contribution is 0.103. The molecule has 0 N–H and O–H groups in total. The highest BCUT2D eigenvalue weighted by Crippen LogP contribution is 2.33. The molecule has 0 amide bonds. The van der Waals surface area contributed by atoms with Crippen LogP contribution in [0.15, 0.2) is 48.5 Å². The van der Waals surface area contributed by atoms with E-state index in [1.165, 1.54) is 0 Å². The Labute approximate surface area is 95.5 Å². The fourth-order valence-corrected chi connectivity index (χ4v) is 2.48.